The summed E-state index contributed by atoms with van der Waals surface area (Å²) in [6, 6.07) is 85.9. The van der Waals surface area contributed by atoms with Crippen molar-refractivity contribution in [3.8, 4) is 101 Å². The quantitative estimate of drug-likeness (QED) is 0.146. The van der Waals surface area contributed by atoms with E-state index in [-0.39, 0.29) is 0 Å². The molecule has 0 aliphatic rings. The number of nitrogens with zero attached hydrogens (tertiary/aromatic N) is 3. The van der Waals surface area contributed by atoms with Crippen molar-refractivity contribution >= 4 is 10.8 Å². The average Bonchev–Trinajstić information content (AvgIpc) is 3.39. The van der Waals surface area contributed by atoms with E-state index in [1.807, 2.05) is 12.3 Å². The molecule has 300 valence electrons. The predicted molar refractivity (Wildman–Crippen MR) is 266 cm³/mol. The van der Waals surface area contributed by atoms with Crippen LogP contribution in [0.3, 0.4) is 0 Å². The van der Waals surface area contributed by atoms with Crippen molar-refractivity contribution in [2.75, 3.05) is 0 Å². The lowest BCUT2D eigenvalue weighted by Gasteiger charge is -2.14. The van der Waals surface area contributed by atoms with Gasteiger partial charge in [-0.15, -0.1) is 0 Å². The van der Waals surface area contributed by atoms with Crippen LogP contribution >= 0.6 is 0 Å². The van der Waals surface area contributed by atoms with Gasteiger partial charge < -0.3 is 0 Å². The molecule has 0 N–H and O–H groups in total. The molecule has 0 unspecified atom stereocenters. The van der Waals surface area contributed by atoms with E-state index in [1.54, 1.807) is 0 Å². The molecule has 3 heteroatoms. The van der Waals surface area contributed by atoms with Gasteiger partial charge in [0.15, 0.2) is 5.82 Å². The molecule has 2 heterocycles. The smallest absolute Gasteiger partial charge is 0.160 e. The highest BCUT2D eigenvalue weighted by molar-refractivity contribution is 5.87. The predicted octanol–water partition coefficient (Wildman–Crippen LogP) is 16.0. The first-order valence-electron chi connectivity index (χ1n) is 21.6. The normalized spacial score (nSPS) is 11.1. The summed E-state index contributed by atoms with van der Waals surface area (Å²) in [5, 5.41) is 2.26. The lowest BCUT2D eigenvalue weighted by atomic mass is 9.92. The van der Waals surface area contributed by atoms with E-state index in [4.69, 9.17) is 15.0 Å². The maximum Gasteiger partial charge on any atom is 0.160 e. The summed E-state index contributed by atoms with van der Waals surface area (Å²) in [5.74, 6) is 0.643. The van der Waals surface area contributed by atoms with Gasteiger partial charge in [0, 0.05) is 33.8 Å². The van der Waals surface area contributed by atoms with E-state index in [9.17, 15) is 0 Å². The monoisotopic (exact) mass is 815 g/mol. The molecule has 0 saturated carbocycles. The molecule has 11 rings (SSSR count). The van der Waals surface area contributed by atoms with Gasteiger partial charge in [-0.3, -0.25) is 4.98 Å². The molecule has 0 spiro atoms. The Kier molecular flexibility index (Phi) is 10.3. The molecule has 0 saturated heterocycles. The Bertz CT molecular complexity index is 3300. The van der Waals surface area contributed by atoms with E-state index >= 15 is 0 Å². The molecule has 0 fully saturated rings. The zero-order valence-electron chi connectivity index (χ0n) is 35.0. The molecule has 64 heavy (non-hydrogen) atoms. The zero-order valence-corrected chi connectivity index (χ0v) is 35.0. The Morgan fingerprint density at radius 1 is 0.203 bits per heavy atom. The van der Waals surface area contributed by atoms with Gasteiger partial charge in [0.25, 0.3) is 0 Å². The van der Waals surface area contributed by atoms with Crippen molar-refractivity contribution in [2.45, 2.75) is 0 Å². The van der Waals surface area contributed by atoms with E-state index in [2.05, 4.69) is 237 Å². The van der Waals surface area contributed by atoms with Crippen molar-refractivity contribution in [3.05, 3.63) is 249 Å². The molecule has 2 aromatic heterocycles. The largest absolute Gasteiger partial charge is 0.256 e. The molecular weight excluding hydrogens is 775 g/mol. The third-order valence-electron chi connectivity index (χ3n) is 11.9. The van der Waals surface area contributed by atoms with Crippen LogP contribution in [0.5, 0.6) is 0 Å². The molecule has 0 aliphatic heterocycles. The number of pyridine rings is 1. The zero-order chi connectivity index (χ0) is 42.7. The summed E-state index contributed by atoms with van der Waals surface area (Å²) >= 11 is 0. The highest BCUT2D eigenvalue weighted by atomic mass is 14.9. The summed E-state index contributed by atoms with van der Waals surface area (Å²) in [6.45, 7) is 0. The van der Waals surface area contributed by atoms with Crippen molar-refractivity contribution < 1.29 is 0 Å². The fraction of sp³-hybridized carbons (Fsp3) is 0. The molecule has 0 atom stereocenters. The summed E-state index contributed by atoms with van der Waals surface area (Å²) < 4.78 is 0. The van der Waals surface area contributed by atoms with Gasteiger partial charge in [-0.25, -0.2) is 9.97 Å². The van der Waals surface area contributed by atoms with Crippen LogP contribution in [-0.2, 0) is 0 Å². The number of hydrogen-bond donors (Lipinski definition) is 0. The molecule has 11 aromatic rings. The van der Waals surface area contributed by atoms with E-state index in [0.717, 1.165) is 83.5 Å². The van der Waals surface area contributed by atoms with Crippen LogP contribution in [0, 0.1) is 0 Å². The van der Waals surface area contributed by atoms with Crippen LogP contribution in [0.25, 0.3) is 112 Å². The van der Waals surface area contributed by atoms with Crippen molar-refractivity contribution in [2.24, 2.45) is 0 Å². The number of aromatic nitrogens is 3. The van der Waals surface area contributed by atoms with Gasteiger partial charge in [0.1, 0.15) is 0 Å². The number of benzene rings is 9. The van der Waals surface area contributed by atoms with E-state index < -0.39 is 0 Å². The number of hydrogen-bond acceptors (Lipinski definition) is 3. The Labute approximate surface area is 373 Å². The van der Waals surface area contributed by atoms with Crippen LogP contribution in [0.15, 0.2) is 249 Å². The van der Waals surface area contributed by atoms with Crippen LogP contribution in [0.4, 0.5) is 0 Å². The molecule has 9 aromatic carbocycles. The first-order valence-corrected chi connectivity index (χ1v) is 21.6. The Morgan fingerprint density at radius 3 is 1.06 bits per heavy atom. The van der Waals surface area contributed by atoms with Crippen LogP contribution in [0.2, 0.25) is 0 Å². The van der Waals surface area contributed by atoms with Gasteiger partial charge in [0.05, 0.1) is 17.1 Å². The minimum Gasteiger partial charge on any atom is -0.256 e. The topological polar surface area (TPSA) is 38.7 Å². The SMILES string of the molecule is c1ccc(-c2cc(-c3ccccc3)cc(-c3cccc(-c4cc(-c5cc(-c6ccccc6)cc(-c6ccccc6)c5)nc(-c5cccc(-c6cc7ccccc7cn6)c5)n4)c3)c2)cc1. The fourth-order valence-electron chi connectivity index (χ4n) is 8.55. The summed E-state index contributed by atoms with van der Waals surface area (Å²) in [4.78, 5) is 15.6. The third-order valence-corrected chi connectivity index (χ3v) is 11.9. The fourth-order valence-corrected chi connectivity index (χ4v) is 8.55. The maximum absolute atomic E-state index is 5.39. The second-order valence-electron chi connectivity index (χ2n) is 16.1. The Morgan fingerprint density at radius 2 is 0.547 bits per heavy atom. The van der Waals surface area contributed by atoms with Crippen LogP contribution in [-0.4, -0.2) is 15.0 Å². The lowest BCUT2D eigenvalue weighted by Crippen LogP contribution is -1.97. The Balaban J connectivity index is 1.09. The van der Waals surface area contributed by atoms with E-state index in [0.29, 0.717) is 5.82 Å². The van der Waals surface area contributed by atoms with Gasteiger partial charge in [-0.05, 0) is 122 Å². The minimum absolute atomic E-state index is 0.643. The third kappa shape index (κ3) is 8.02. The van der Waals surface area contributed by atoms with Gasteiger partial charge >= 0.3 is 0 Å². The summed E-state index contributed by atoms with van der Waals surface area (Å²) in [7, 11) is 0. The van der Waals surface area contributed by atoms with Gasteiger partial charge in [0.2, 0.25) is 0 Å². The second-order valence-corrected chi connectivity index (χ2v) is 16.1. The average molecular weight is 816 g/mol. The molecule has 0 radical (unpaired) electrons. The van der Waals surface area contributed by atoms with Crippen LogP contribution < -0.4 is 0 Å². The molecular formula is C61H41N3. The van der Waals surface area contributed by atoms with Gasteiger partial charge in [-0.1, -0.05) is 182 Å². The highest BCUT2D eigenvalue weighted by Crippen LogP contribution is 2.38. The highest BCUT2D eigenvalue weighted by Gasteiger charge is 2.16. The Hall–Kier alpha value is -8.53. The first kappa shape index (κ1) is 38.4. The summed E-state index contributed by atoms with van der Waals surface area (Å²) in [5.41, 5.74) is 18.0. The second kappa shape index (κ2) is 17.1. The molecule has 3 nitrogen and oxygen atoms in total. The number of rotatable bonds is 9. The summed E-state index contributed by atoms with van der Waals surface area (Å²) in [6.07, 6.45) is 1.95. The van der Waals surface area contributed by atoms with Crippen molar-refractivity contribution in [3.63, 3.8) is 0 Å². The number of fused-ring (bicyclic) bond motifs is 1. The van der Waals surface area contributed by atoms with Gasteiger partial charge in [-0.2, -0.15) is 0 Å². The molecule has 0 aliphatic carbocycles. The minimum atomic E-state index is 0.643. The first-order chi connectivity index (χ1) is 31.7. The van der Waals surface area contributed by atoms with Crippen molar-refractivity contribution in [1.82, 2.24) is 15.0 Å². The molecule has 0 bridgehead atoms. The molecule has 0 amide bonds. The maximum atomic E-state index is 5.39. The van der Waals surface area contributed by atoms with Crippen molar-refractivity contribution in [1.29, 1.82) is 0 Å². The van der Waals surface area contributed by atoms with Crippen LogP contribution in [0.1, 0.15) is 0 Å². The standard InChI is InChI=1S/C61H41N3/c1-5-17-42(18-6-1)52-33-53(43-19-7-2-8-20-43)36-56(35-52)46-27-15-29-49(31-46)59-40-60(57-37-54(44-21-9-3-10-22-44)34-55(38-57)45-23-11-4-12-24-45)64-61(63-59)50-30-16-28-48(32-50)58-39-47-25-13-14-26-51(47)41-62-58/h1-41H. The lowest BCUT2D eigenvalue weighted by molar-refractivity contribution is 1.18. The van der Waals surface area contributed by atoms with E-state index in [1.165, 1.54) is 22.3 Å².